The normalized spacial score (nSPS) is 10.8. The molecule has 0 aliphatic rings. The van der Waals surface area contributed by atoms with Gasteiger partial charge in [-0.1, -0.05) is 18.2 Å². The van der Waals surface area contributed by atoms with E-state index < -0.39 is 4.92 Å². The van der Waals surface area contributed by atoms with Gasteiger partial charge in [-0.15, -0.1) is 0 Å². The average molecular weight is 389 g/mol. The van der Waals surface area contributed by atoms with Gasteiger partial charge in [0.1, 0.15) is 18.2 Å². The summed E-state index contributed by atoms with van der Waals surface area (Å²) >= 11 is 0. The Morgan fingerprint density at radius 2 is 1.90 bits per heavy atom. The first kappa shape index (κ1) is 18.5. The van der Waals surface area contributed by atoms with Crippen molar-refractivity contribution in [1.29, 1.82) is 0 Å². The SMILES string of the molecule is COc1ccc(-c2nc3ccccc3[nH]2)cc1COc1cc(C)ccc1[N+](=O)[O-]. The minimum absolute atomic E-state index is 0.0667. The van der Waals surface area contributed by atoms with Gasteiger partial charge >= 0.3 is 5.69 Å². The zero-order valence-corrected chi connectivity index (χ0v) is 16.0. The molecule has 0 bridgehead atoms. The van der Waals surface area contributed by atoms with E-state index in [2.05, 4.69) is 9.97 Å². The molecule has 4 rings (SSSR count). The topological polar surface area (TPSA) is 90.3 Å². The van der Waals surface area contributed by atoms with Crippen LogP contribution in [0.4, 0.5) is 5.69 Å². The lowest BCUT2D eigenvalue weighted by atomic mass is 10.1. The summed E-state index contributed by atoms with van der Waals surface area (Å²) in [6, 6.07) is 18.3. The van der Waals surface area contributed by atoms with Crippen LogP contribution < -0.4 is 9.47 Å². The van der Waals surface area contributed by atoms with Crippen molar-refractivity contribution >= 4 is 16.7 Å². The van der Waals surface area contributed by atoms with E-state index in [1.54, 1.807) is 19.2 Å². The number of imidazole rings is 1. The zero-order valence-electron chi connectivity index (χ0n) is 16.0. The summed E-state index contributed by atoms with van der Waals surface area (Å²) < 4.78 is 11.2. The second kappa shape index (κ2) is 7.63. The van der Waals surface area contributed by atoms with Crippen molar-refractivity contribution in [1.82, 2.24) is 9.97 Å². The van der Waals surface area contributed by atoms with Crippen LogP contribution in [0.3, 0.4) is 0 Å². The number of nitro groups is 1. The van der Waals surface area contributed by atoms with Gasteiger partial charge in [0.15, 0.2) is 5.75 Å². The van der Waals surface area contributed by atoms with Gasteiger partial charge < -0.3 is 14.5 Å². The van der Waals surface area contributed by atoms with E-state index in [4.69, 9.17) is 9.47 Å². The molecule has 0 atom stereocenters. The molecule has 0 unspecified atom stereocenters. The predicted octanol–water partition coefficient (Wildman–Crippen LogP) is 5.03. The van der Waals surface area contributed by atoms with Crippen LogP contribution in [0.2, 0.25) is 0 Å². The third-order valence-corrected chi connectivity index (χ3v) is 4.64. The Balaban J connectivity index is 1.66. The number of fused-ring (bicyclic) bond motifs is 1. The van der Waals surface area contributed by atoms with Gasteiger partial charge in [-0.2, -0.15) is 0 Å². The summed E-state index contributed by atoms with van der Waals surface area (Å²) in [6.45, 7) is 1.99. The predicted molar refractivity (Wildman–Crippen MR) is 110 cm³/mol. The third kappa shape index (κ3) is 3.75. The second-order valence-corrected chi connectivity index (χ2v) is 6.65. The van der Waals surface area contributed by atoms with Crippen LogP contribution in [-0.2, 0) is 6.61 Å². The summed E-state index contributed by atoms with van der Waals surface area (Å²) in [7, 11) is 1.58. The highest BCUT2D eigenvalue weighted by Gasteiger charge is 2.16. The Kier molecular flexibility index (Phi) is 4.87. The van der Waals surface area contributed by atoms with Crippen molar-refractivity contribution in [3.05, 3.63) is 81.9 Å². The lowest BCUT2D eigenvalue weighted by Crippen LogP contribution is -2.02. The fourth-order valence-electron chi connectivity index (χ4n) is 3.17. The molecule has 3 aromatic carbocycles. The fraction of sp³-hybridized carbons (Fsp3) is 0.136. The van der Waals surface area contributed by atoms with Gasteiger partial charge in [0.25, 0.3) is 0 Å². The molecule has 7 nitrogen and oxygen atoms in total. The standard InChI is InChI=1S/C22H19N3O4/c1-14-7-9-19(25(26)27)21(11-14)29-13-16-12-15(8-10-20(16)28-2)22-23-17-5-3-4-6-18(17)24-22/h3-12H,13H2,1-2H3,(H,23,24). The maximum absolute atomic E-state index is 11.3. The molecule has 146 valence electrons. The van der Waals surface area contributed by atoms with Crippen molar-refractivity contribution in [3.63, 3.8) is 0 Å². The third-order valence-electron chi connectivity index (χ3n) is 4.64. The quantitative estimate of drug-likeness (QED) is 0.369. The highest BCUT2D eigenvalue weighted by atomic mass is 16.6. The Hall–Kier alpha value is -3.87. The number of methoxy groups -OCH3 is 1. The minimum atomic E-state index is -0.448. The number of aryl methyl sites for hydroxylation is 1. The summed E-state index contributed by atoms with van der Waals surface area (Å²) in [4.78, 5) is 18.8. The summed E-state index contributed by atoms with van der Waals surface area (Å²) in [5.74, 6) is 1.60. The van der Waals surface area contributed by atoms with E-state index in [1.165, 1.54) is 6.07 Å². The summed E-state index contributed by atoms with van der Waals surface area (Å²) in [6.07, 6.45) is 0. The molecule has 1 heterocycles. The number of H-pyrrole nitrogens is 1. The number of ether oxygens (including phenoxy) is 2. The fourth-order valence-corrected chi connectivity index (χ4v) is 3.17. The van der Waals surface area contributed by atoms with Crippen LogP contribution in [0.5, 0.6) is 11.5 Å². The number of hydrogen-bond acceptors (Lipinski definition) is 5. The number of aromatic nitrogens is 2. The number of hydrogen-bond donors (Lipinski definition) is 1. The highest BCUT2D eigenvalue weighted by Crippen LogP contribution is 2.31. The minimum Gasteiger partial charge on any atom is -0.496 e. The van der Waals surface area contributed by atoms with Crippen LogP contribution in [0.1, 0.15) is 11.1 Å². The Bertz CT molecular complexity index is 1170. The van der Waals surface area contributed by atoms with E-state index in [0.29, 0.717) is 5.75 Å². The Morgan fingerprint density at radius 1 is 1.07 bits per heavy atom. The monoisotopic (exact) mass is 389 g/mol. The smallest absolute Gasteiger partial charge is 0.310 e. The van der Waals surface area contributed by atoms with Crippen LogP contribution in [-0.4, -0.2) is 22.0 Å². The molecular formula is C22H19N3O4. The number of para-hydroxylation sites is 2. The number of aromatic amines is 1. The van der Waals surface area contributed by atoms with Gasteiger partial charge in [-0.25, -0.2) is 4.98 Å². The van der Waals surface area contributed by atoms with E-state index in [0.717, 1.165) is 33.5 Å². The number of rotatable bonds is 6. The lowest BCUT2D eigenvalue weighted by Gasteiger charge is -2.12. The molecule has 1 aromatic heterocycles. The largest absolute Gasteiger partial charge is 0.496 e. The molecule has 7 heteroatoms. The summed E-state index contributed by atoms with van der Waals surface area (Å²) in [5, 5.41) is 11.3. The Labute approximate surface area is 167 Å². The number of nitrogens with one attached hydrogen (secondary N) is 1. The van der Waals surface area contributed by atoms with Crippen LogP contribution in [0, 0.1) is 17.0 Å². The number of nitro benzene ring substituents is 1. The first-order valence-corrected chi connectivity index (χ1v) is 9.05. The maximum Gasteiger partial charge on any atom is 0.310 e. The molecule has 0 saturated carbocycles. The molecular weight excluding hydrogens is 370 g/mol. The molecule has 0 aliphatic heterocycles. The molecule has 0 amide bonds. The van der Waals surface area contributed by atoms with Crippen molar-refractivity contribution in [3.8, 4) is 22.9 Å². The van der Waals surface area contributed by atoms with Gasteiger partial charge in [0, 0.05) is 17.2 Å². The molecule has 0 saturated heterocycles. The van der Waals surface area contributed by atoms with Crippen LogP contribution in [0.25, 0.3) is 22.4 Å². The molecule has 0 spiro atoms. The van der Waals surface area contributed by atoms with Crippen molar-refractivity contribution < 1.29 is 14.4 Å². The van der Waals surface area contributed by atoms with E-state index in [-0.39, 0.29) is 18.0 Å². The zero-order chi connectivity index (χ0) is 20.4. The van der Waals surface area contributed by atoms with Crippen molar-refractivity contribution in [2.75, 3.05) is 7.11 Å². The van der Waals surface area contributed by atoms with Crippen molar-refractivity contribution in [2.45, 2.75) is 13.5 Å². The number of nitrogens with zero attached hydrogens (tertiary/aromatic N) is 2. The molecule has 29 heavy (non-hydrogen) atoms. The van der Waals surface area contributed by atoms with Gasteiger partial charge in [0.2, 0.25) is 0 Å². The Morgan fingerprint density at radius 3 is 2.66 bits per heavy atom. The first-order valence-electron chi connectivity index (χ1n) is 9.05. The molecule has 0 radical (unpaired) electrons. The van der Waals surface area contributed by atoms with Gasteiger partial charge in [-0.3, -0.25) is 10.1 Å². The molecule has 0 fully saturated rings. The van der Waals surface area contributed by atoms with Gasteiger partial charge in [0.05, 0.1) is 23.1 Å². The second-order valence-electron chi connectivity index (χ2n) is 6.65. The van der Waals surface area contributed by atoms with E-state index in [1.807, 2.05) is 49.4 Å². The van der Waals surface area contributed by atoms with Crippen molar-refractivity contribution in [2.24, 2.45) is 0 Å². The number of benzene rings is 3. The molecule has 1 N–H and O–H groups in total. The maximum atomic E-state index is 11.3. The highest BCUT2D eigenvalue weighted by molar-refractivity contribution is 5.79. The average Bonchev–Trinajstić information content (AvgIpc) is 3.16. The molecule has 4 aromatic rings. The van der Waals surface area contributed by atoms with E-state index >= 15 is 0 Å². The van der Waals surface area contributed by atoms with Crippen LogP contribution in [0.15, 0.2) is 60.7 Å². The summed E-state index contributed by atoms with van der Waals surface area (Å²) in [5.41, 5.74) is 4.29. The first-order chi connectivity index (χ1) is 14.0. The molecule has 0 aliphatic carbocycles. The van der Waals surface area contributed by atoms with Gasteiger partial charge in [-0.05, 0) is 48.9 Å². The van der Waals surface area contributed by atoms with E-state index in [9.17, 15) is 10.1 Å². The van der Waals surface area contributed by atoms with Crippen LogP contribution >= 0.6 is 0 Å². The lowest BCUT2D eigenvalue weighted by molar-refractivity contribution is -0.386.